The maximum Gasteiger partial charge on any atom is 0.282 e. The first kappa shape index (κ1) is 13.9. The zero-order valence-electron chi connectivity index (χ0n) is 9.67. The molecule has 3 nitrogen and oxygen atoms in total. The van der Waals surface area contributed by atoms with Crippen LogP contribution in [0.2, 0.25) is 0 Å². The smallest absolute Gasteiger partial charge is 0.282 e. The second-order valence-corrected chi connectivity index (χ2v) is 3.31. The zero-order chi connectivity index (χ0) is 10.9. The van der Waals surface area contributed by atoms with Crippen molar-refractivity contribution in [3.05, 3.63) is 6.92 Å². The van der Waals surface area contributed by atoms with Crippen LogP contribution >= 0.6 is 0 Å². The molecule has 0 fully saturated rings. The number of ether oxygens (including phenoxy) is 3. The fourth-order valence-corrected chi connectivity index (χ4v) is 1.43. The van der Waals surface area contributed by atoms with Crippen molar-refractivity contribution >= 4 is 0 Å². The van der Waals surface area contributed by atoms with E-state index in [-0.39, 0.29) is 0 Å². The van der Waals surface area contributed by atoms with Crippen molar-refractivity contribution in [1.82, 2.24) is 0 Å². The van der Waals surface area contributed by atoms with Crippen LogP contribution in [0.15, 0.2) is 0 Å². The minimum absolute atomic E-state index is 0.771. The van der Waals surface area contributed by atoms with Crippen LogP contribution < -0.4 is 0 Å². The molecule has 0 rings (SSSR count). The maximum atomic E-state index is 5.19. The van der Waals surface area contributed by atoms with Crippen LogP contribution in [0.5, 0.6) is 0 Å². The number of rotatable bonds is 9. The van der Waals surface area contributed by atoms with E-state index in [0.29, 0.717) is 0 Å². The Morgan fingerprint density at radius 3 is 1.79 bits per heavy atom. The molecule has 0 saturated heterocycles. The van der Waals surface area contributed by atoms with Gasteiger partial charge in [0.25, 0.3) is 5.97 Å². The highest BCUT2D eigenvalue weighted by atomic mass is 16.9. The minimum Gasteiger partial charge on any atom is -0.331 e. The van der Waals surface area contributed by atoms with Crippen molar-refractivity contribution in [2.75, 3.05) is 21.3 Å². The van der Waals surface area contributed by atoms with Gasteiger partial charge in [0.1, 0.15) is 0 Å². The second kappa shape index (κ2) is 8.21. The summed E-state index contributed by atoms with van der Waals surface area (Å²) in [6, 6.07) is 0. The van der Waals surface area contributed by atoms with E-state index < -0.39 is 5.97 Å². The molecule has 0 aliphatic heterocycles. The molecule has 0 aromatic heterocycles. The fraction of sp³-hybridized carbons (Fsp3) is 0.909. The fourth-order valence-electron chi connectivity index (χ4n) is 1.43. The predicted molar refractivity (Wildman–Crippen MR) is 56.8 cm³/mol. The lowest BCUT2D eigenvalue weighted by Gasteiger charge is -2.28. The van der Waals surface area contributed by atoms with E-state index >= 15 is 0 Å². The van der Waals surface area contributed by atoms with Crippen molar-refractivity contribution in [2.45, 2.75) is 44.5 Å². The Morgan fingerprint density at radius 1 is 0.857 bits per heavy atom. The highest BCUT2D eigenvalue weighted by Gasteiger charge is 2.28. The van der Waals surface area contributed by atoms with E-state index in [1.165, 1.54) is 19.3 Å². The first-order valence-corrected chi connectivity index (χ1v) is 5.19. The van der Waals surface area contributed by atoms with E-state index in [2.05, 4.69) is 6.92 Å². The molecule has 0 amide bonds. The van der Waals surface area contributed by atoms with Crippen molar-refractivity contribution in [3.8, 4) is 0 Å². The molecule has 0 atom stereocenters. The zero-order valence-corrected chi connectivity index (χ0v) is 9.67. The Kier molecular flexibility index (Phi) is 8.14. The van der Waals surface area contributed by atoms with Crippen LogP contribution in [0.25, 0.3) is 0 Å². The molecule has 0 aromatic rings. The molecule has 0 aromatic carbocycles. The van der Waals surface area contributed by atoms with Gasteiger partial charge >= 0.3 is 0 Å². The molecule has 0 spiro atoms. The summed E-state index contributed by atoms with van der Waals surface area (Å²) in [6.45, 7) is 3.81. The molecule has 14 heavy (non-hydrogen) atoms. The van der Waals surface area contributed by atoms with Gasteiger partial charge < -0.3 is 14.2 Å². The lowest BCUT2D eigenvalue weighted by Crippen LogP contribution is -2.35. The van der Waals surface area contributed by atoms with Crippen molar-refractivity contribution in [1.29, 1.82) is 0 Å². The van der Waals surface area contributed by atoms with E-state index in [9.17, 15) is 0 Å². The summed E-state index contributed by atoms with van der Waals surface area (Å²) in [5, 5.41) is 0. The van der Waals surface area contributed by atoms with Crippen LogP contribution in [-0.4, -0.2) is 27.3 Å². The van der Waals surface area contributed by atoms with Gasteiger partial charge in [0.05, 0.1) is 0 Å². The standard InChI is InChI=1S/C11H23O3/c1-5-6-7-8-9-10-11(12-2,13-3)14-4/h1,5-10H2,2-4H3. The molecule has 85 valence electrons. The molecule has 3 heteroatoms. The molecule has 0 aliphatic rings. The highest BCUT2D eigenvalue weighted by Crippen LogP contribution is 2.21. The summed E-state index contributed by atoms with van der Waals surface area (Å²) in [6.07, 6.45) is 6.43. The summed E-state index contributed by atoms with van der Waals surface area (Å²) < 4.78 is 15.6. The average Bonchev–Trinajstić information content (AvgIpc) is 2.24. The summed E-state index contributed by atoms with van der Waals surface area (Å²) in [5.74, 6) is -0.843. The molecule has 0 unspecified atom stereocenters. The molecule has 0 bridgehead atoms. The summed E-state index contributed by atoms with van der Waals surface area (Å²) in [4.78, 5) is 0. The van der Waals surface area contributed by atoms with Crippen LogP contribution in [0.3, 0.4) is 0 Å². The SMILES string of the molecule is [CH2]CCCCCCC(OC)(OC)OC. The maximum absolute atomic E-state index is 5.19. The Bertz CT molecular complexity index is 113. The third-order valence-corrected chi connectivity index (χ3v) is 2.42. The number of methoxy groups -OCH3 is 3. The quantitative estimate of drug-likeness (QED) is 0.426. The lowest BCUT2D eigenvalue weighted by molar-refractivity contribution is -0.355. The van der Waals surface area contributed by atoms with Crippen molar-refractivity contribution in [2.24, 2.45) is 0 Å². The molecule has 1 radical (unpaired) electrons. The molecular weight excluding hydrogens is 180 g/mol. The Hall–Kier alpha value is -0.120. The van der Waals surface area contributed by atoms with E-state index in [4.69, 9.17) is 14.2 Å². The Morgan fingerprint density at radius 2 is 1.36 bits per heavy atom. The predicted octanol–water partition coefficient (Wildman–Crippen LogP) is 2.75. The first-order chi connectivity index (χ1) is 6.74. The molecule has 0 N–H and O–H groups in total. The second-order valence-electron chi connectivity index (χ2n) is 3.31. The average molecular weight is 203 g/mol. The third kappa shape index (κ3) is 4.94. The van der Waals surface area contributed by atoms with Gasteiger partial charge in [-0.15, -0.1) is 0 Å². The van der Waals surface area contributed by atoms with Crippen LogP contribution in [0.4, 0.5) is 0 Å². The first-order valence-electron chi connectivity index (χ1n) is 5.19. The van der Waals surface area contributed by atoms with Gasteiger partial charge in [0.15, 0.2) is 0 Å². The summed E-state index contributed by atoms with van der Waals surface area (Å²) >= 11 is 0. The van der Waals surface area contributed by atoms with Crippen LogP contribution in [-0.2, 0) is 14.2 Å². The Balaban J connectivity index is 3.61. The van der Waals surface area contributed by atoms with E-state index in [0.717, 1.165) is 19.3 Å². The topological polar surface area (TPSA) is 27.7 Å². The van der Waals surface area contributed by atoms with Gasteiger partial charge in [-0.05, 0) is 6.42 Å². The van der Waals surface area contributed by atoms with Gasteiger partial charge in [-0.3, -0.25) is 0 Å². The van der Waals surface area contributed by atoms with E-state index in [1.54, 1.807) is 21.3 Å². The van der Waals surface area contributed by atoms with Gasteiger partial charge in [0, 0.05) is 27.8 Å². The van der Waals surface area contributed by atoms with E-state index in [1.807, 2.05) is 0 Å². The van der Waals surface area contributed by atoms with Gasteiger partial charge in [-0.1, -0.05) is 32.6 Å². The molecule has 0 heterocycles. The monoisotopic (exact) mass is 203 g/mol. The van der Waals surface area contributed by atoms with Gasteiger partial charge in [0.2, 0.25) is 0 Å². The Labute approximate surface area is 87.7 Å². The van der Waals surface area contributed by atoms with Crippen molar-refractivity contribution in [3.63, 3.8) is 0 Å². The summed E-state index contributed by atoms with van der Waals surface area (Å²) in [7, 11) is 4.80. The molecule has 0 saturated carbocycles. The minimum atomic E-state index is -0.843. The van der Waals surface area contributed by atoms with Gasteiger partial charge in [-0.2, -0.15) is 0 Å². The molecular formula is C11H23O3. The van der Waals surface area contributed by atoms with Crippen molar-refractivity contribution < 1.29 is 14.2 Å². The largest absolute Gasteiger partial charge is 0.331 e. The third-order valence-electron chi connectivity index (χ3n) is 2.42. The van der Waals surface area contributed by atoms with Crippen LogP contribution in [0.1, 0.15) is 38.5 Å². The normalized spacial score (nSPS) is 12.0. The number of hydrogen-bond acceptors (Lipinski definition) is 3. The summed E-state index contributed by atoms with van der Waals surface area (Å²) in [5.41, 5.74) is 0. The van der Waals surface area contributed by atoms with Crippen LogP contribution in [0, 0.1) is 6.92 Å². The molecule has 0 aliphatic carbocycles. The lowest BCUT2D eigenvalue weighted by atomic mass is 10.1. The number of hydrogen-bond donors (Lipinski definition) is 0. The van der Waals surface area contributed by atoms with Gasteiger partial charge in [-0.25, -0.2) is 0 Å². The number of unbranched alkanes of at least 4 members (excludes halogenated alkanes) is 4. The highest BCUT2D eigenvalue weighted by molar-refractivity contribution is 4.56.